The Morgan fingerprint density at radius 1 is 0.895 bits per heavy atom. The van der Waals surface area contributed by atoms with E-state index >= 15 is 0 Å². The van der Waals surface area contributed by atoms with E-state index in [0.29, 0.717) is 10.8 Å². The number of benzene rings is 3. The molecule has 199 valence electrons. The molecule has 38 heavy (non-hydrogen) atoms. The Bertz CT molecular complexity index is 1250. The summed E-state index contributed by atoms with van der Waals surface area (Å²) in [6.45, 7) is 6.68. The number of anilines is 1. The van der Waals surface area contributed by atoms with Crippen molar-refractivity contribution in [1.29, 1.82) is 0 Å². The molecule has 2 heterocycles. The van der Waals surface area contributed by atoms with E-state index < -0.39 is 11.6 Å². The van der Waals surface area contributed by atoms with Crippen LogP contribution in [0.2, 0.25) is 0 Å². The van der Waals surface area contributed by atoms with Crippen molar-refractivity contribution in [2.24, 2.45) is 0 Å². The third-order valence-corrected chi connectivity index (χ3v) is 8.51. The number of urea groups is 1. The highest BCUT2D eigenvalue weighted by Gasteiger charge is 2.23. The van der Waals surface area contributed by atoms with Crippen LogP contribution in [0.5, 0.6) is 0 Å². The minimum Gasteiger partial charge on any atom is -0.325 e. The van der Waals surface area contributed by atoms with Gasteiger partial charge in [0.1, 0.15) is 0 Å². The van der Waals surface area contributed by atoms with Gasteiger partial charge in [0, 0.05) is 35.1 Å². The lowest BCUT2D eigenvalue weighted by molar-refractivity contribution is 0.204. The molecule has 7 heteroatoms. The summed E-state index contributed by atoms with van der Waals surface area (Å²) in [7, 11) is 0. The highest BCUT2D eigenvalue weighted by Crippen LogP contribution is 2.33. The third kappa shape index (κ3) is 6.75. The molecule has 2 saturated heterocycles. The van der Waals surface area contributed by atoms with Crippen molar-refractivity contribution in [1.82, 2.24) is 9.80 Å². The van der Waals surface area contributed by atoms with Gasteiger partial charge in [0.2, 0.25) is 0 Å². The number of nitrogens with zero attached hydrogens (tertiary/aromatic N) is 2. The van der Waals surface area contributed by atoms with Crippen molar-refractivity contribution < 1.29 is 13.6 Å². The molecule has 5 rings (SSSR count). The predicted octanol–water partition coefficient (Wildman–Crippen LogP) is 7.64. The number of piperidine rings is 2. The maximum Gasteiger partial charge on any atom is 0.321 e. The Balaban J connectivity index is 1.13. The first-order valence-electron chi connectivity index (χ1n) is 13.4. The molecule has 4 nitrogen and oxygen atoms in total. The van der Waals surface area contributed by atoms with Gasteiger partial charge in [-0.15, -0.1) is 0 Å². The van der Waals surface area contributed by atoms with Gasteiger partial charge in [-0.1, -0.05) is 30.0 Å². The van der Waals surface area contributed by atoms with Crippen molar-refractivity contribution in [3.8, 4) is 0 Å². The Kier molecular flexibility index (Phi) is 8.65. The minimum atomic E-state index is -0.824. The molecular formula is C31H34F2N3OS. The smallest absolute Gasteiger partial charge is 0.321 e. The van der Waals surface area contributed by atoms with E-state index in [1.807, 2.05) is 23.1 Å². The molecular weight excluding hydrogens is 500 g/mol. The fourth-order valence-corrected chi connectivity index (χ4v) is 6.16. The van der Waals surface area contributed by atoms with Gasteiger partial charge in [0.05, 0.1) is 0 Å². The SMILES string of the molecule is Cc1ccc(NC(=O)N2CC[CH]CC2)cc1C1CCN(Cc2ccc(Sc3ccc(F)c(F)c3)cc2)CC1. The Morgan fingerprint density at radius 3 is 2.32 bits per heavy atom. The molecule has 0 aromatic heterocycles. The molecule has 0 saturated carbocycles. The van der Waals surface area contributed by atoms with Gasteiger partial charge in [-0.05, 0) is 117 Å². The molecule has 1 radical (unpaired) electrons. The highest BCUT2D eigenvalue weighted by molar-refractivity contribution is 7.99. The molecule has 0 aliphatic carbocycles. The number of hydrogen-bond donors (Lipinski definition) is 1. The van der Waals surface area contributed by atoms with Crippen LogP contribution < -0.4 is 5.32 Å². The summed E-state index contributed by atoms with van der Waals surface area (Å²) in [5.41, 5.74) is 4.75. The second-order valence-electron chi connectivity index (χ2n) is 10.2. The number of aryl methyl sites for hydroxylation is 1. The van der Waals surface area contributed by atoms with Crippen LogP contribution in [0.15, 0.2) is 70.5 Å². The van der Waals surface area contributed by atoms with Gasteiger partial charge in [0.15, 0.2) is 11.6 Å². The number of carbonyl (C=O) groups excluding carboxylic acids is 1. The summed E-state index contributed by atoms with van der Waals surface area (Å²) in [6.07, 6.45) is 6.35. The zero-order chi connectivity index (χ0) is 26.5. The zero-order valence-electron chi connectivity index (χ0n) is 21.8. The average molecular weight is 535 g/mol. The number of amides is 2. The standard InChI is InChI=1S/C31H34F2N3OS/c1-22-5-8-25(34-31(37)36-15-3-2-4-16-36)19-28(22)24-13-17-35(18-14-24)21-23-6-9-26(10-7-23)38-27-11-12-29(32)30(33)20-27/h2,5-12,19-20,24H,3-4,13-18,21H2,1H3,(H,34,37). The molecule has 0 unspecified atom stereocenters. The van der Waals surface area contributed by atoms with Crippen LogP contribution >= 0.6 is 11.8 Å². The van der Waals surface area contributed by atoms with Crippen molar-refractivity contribution >= 4 is 23.5 Å². The normalized spacial score (nSPS) is 17.0. The van der Waals surface area contributed by atoms with Gasteiger partial charge in [-0.3, -0.25) is 4.90 Å². The van der Waals surface area contributed by atoms with E-state index in [2.05, 4.69) is 47.8 Å². The fourth-order valence-electron chi connectivity index (χ4n) is 5.31. The second kappa shape index (κ2) is 12.3. The molecule has 1 N–H and O–H groups in total. The summed E-state index contributed by atoms with van der Waals surface area (Å²) in [6, 6.07) is 18.6. The Hall–Kier alpha value is -2.90. The van der Waals surface area contributed by atoms with Crippen molar-refractivity contribution in [2.45, 2.75) is 54.9 Å². The summed E-state index contributed by atoms with van der Waals surface area (Å²) < 4.78 is 26.7. The lowest BCUT2D eigenvalue weighted by Gasteiger charge is -2.33. The molecule has 0 bridgehead atoms. The first-order chi connectivity index (χ1) is 18.4. The van der Waals surface area contributed by atoms with Crippen molar-refractivity contribution in [3.05, 3.63) is 95.4 Å². The minimum absolute atomic E-state index is 0.00281. The van der Waals surface area contributed by atoms with E-state index in [4.69, 9.17) is 0 Å². The number of rotatable bonds is 6. The topological polar surface area (TPSA) is 35.6 Å². The van der Waals surface area contributed by atoms with Crippen LogP contribution in [0.1, 0.15) is 48.3 Å². The predicted molar refractivity (Wildman–Crippen MR) is 149 cm³/mol. The summed E-state index contributed by atoms with van der Waals surface area (Å²) in [5, 5.41) is 3.11. The monoisotopic (exact) mass is 534 g/mol. The first-order valence-corrected chi connectivity index (χ1v) is 14.2. The highest BCUT2D eigenvalue weighted by atomic mass is 32.2. The van der Waals surface area contributed by atoms with Crippen molar-refractivity contribution in [3.63, 3.8) is 0 Å². The van der Waals surface area contributed by atoms with Crippen LogP contribution in [-0.2, 0) is 6.54 Å². The summed E-state index contributed by atoms with van der Waals surface area (Å²) in [4.78, 5) is 18.7. The molecule has 2 fully saturated rings. The van der Waals surface area contributed by atoms with Crippen molar-refractivity contribution in [2.75, 3.05) is 31.5 Å². The first kappa shape index (κ1) is 26.7. The van der Waals surface area contributed by atoms with E-state index in [-0.39, 0.29) is 6.03 Å². The Labute approximate surface area is 228 Å². The van der Waals surface area contributed by atoms with Crippen LogP contribution in [0.25, 0.3) is 0 Å². The molecule has 0 atom stereocenters. The molecule has 2 aliphatic rings. The maximum absolute atomic E-state index is 13.5. The quantitative estimate of drug-likeness (QED) is 0.353. The largest absolute Gasteiger partial charge is 0.325 e. The molecule has 3 aromatic carbocycles. The van der Waals surface area contributed by atoms with Gasteiger partial charge in [-0.2, -0.15) is 0 Å². The molecule has 3 aromatic rings. The average Bonchev–Trinajstić information content (AvgIpc) is 2.94. The number of nitrogens with one attached hydrogen (secondary N) is 1. The van der Waals surface area contributed by atoms with Gasteiger partial charge < -0.3 is 10.2 Å². The molecule has 2 aliphatic heterocycles. The molecule has 0 spiro atoms. The van der Waals surface area contributed by atoms with E-state index in [0.717, 1.165) is 75.1 Å². The van der Waals surface area contributed by atoms with Gasteiger partial charge in [0.25, 0.3) is 0 Å². The number of hydrogen-bond acceptors (Lipinski definition) is 3. The zero-order valence-corrected chi connectivity index (χ0v) is 22.6. The van der Waals surface area contributed by atoms with Crippen LogP contribution in [-0.4, -0.2) is 42.0 Å². The van der Waals surface area contributed by atoms with Gasteiger partial charge in [-0.25, -0.2) is 13.6 Å². The number of carbonyl (C=O) groups is 1. The fraction of sp³-hybridized carbons (Fsp3) is 0.355. The summed E-state index contributed by atoms with van der Waals surface area (Å²) in [5.74, 6) is -1.16. The second-order valence-corrected chi connectivity index (χ2v) is 11.4. The maximum atomic E-state index is 13.5. The van der Waals surface area contributed by atoms with Crippen LogP contribution in [0.4, 0.5) is 19.3 Å². The van der Waals surface area contributed by atoms with E-state index in [9.17, 15) is 13.6 Å². The third-order valence-electron chi connectivity index (χ3n) is 7.51. The van der Waals surface area contributed by atoms with Crippen LogP contribution in [0, 0.1) is 25.0 Å². The lowest BCUT2D eigenvalue weighted by atomic mass is 9.86. The Morgan fingerprint density at radius 2 is 1.61 bits per heavy atom. The molecule has 2 amide bonds. The summed E-state index contributed by atoms with van der Waals surface area (Å²) >= 11 is 1.43. The van der Waals surface area contributed by atoms with E-state index in [1.54, 1.807) is 6.07 Å². The number of likely N-dealkylation sites (tertiary alicyclic amines) is 2. The van der Waals surface area contributed by atoms with Gasteiger partial charge >= 0.3 is 6.03 Å². The van der Waals surface area contributed by atoms with Crippen LogP contribution in [0.3, 0.4) is 0 Å². The lowest BCUT2D eigenvalue weighted by Crippen LogP contribution is -2.38. The number of halogens is 2. The van der Waals surface area contributed by atoms with E-state index in [1.165, 1.54) is 34.5 Å².